The van der Waals surface area contributed by atoms with Gasteiger partial charge in [0.15, 0.2) is 0 Å². The minimum atomic E-state index is -3.79. The number of carbonyl (C=O) groups excluding carboxylic acids is 1. The first kappa shape index (κ1) is 20.4. The highest BCUT2D eigenvalue weighted by molar-refractivity contribution is 7.92. The van der Waals surface area contributed by atoms with E-state index in [1.807, 2.05) is 6.92 Å². The molecular formula is C19H22N2O5S. The van der Waals surface area contributed by atoms with Crippen molar-refractivity contribution < 1.29 is 23.1 Å². The third-order valence-electron chi connectivity index (χ3n) is 4.20. The molecule has 0 saturated carbocycles. The standard InChI is InChI=1S/C19H22N2O5S/c1-3-13(2)17(19(23)24)20-18(22)14-8-7-9-15(12-14)21-27(25,26)16-10-5-4-6-11-16/h4-13,17,21H,3H2,1-2H3,(H,20,22)(H,23,24). The molecule has 0 radical (unpaired) electrons. The Morgan fingerprint density at radius 3 is 2.33 bits per heavy atom. The van der Waals surface area contributed by atoms with E-state index in [0.717, 1.165) is 0 Å². The predicted molar refractivity (Wildman–Crippen MR) is 102 cm³/mol. The summed E-state index contributed by atoms with van der Waals surface area (Å²) >= 11 is 0. The van der Waals surface area contributed by atoms with Crippen molar-refractivity contribution in [1.29, 1.82) is 0 Å². The van der Waals surface area contributed by atoms with Crippen molar-refractivity contribution in [3.63, 3.8) is 0 Å². The van der Waals surface area contributed by atoms with Gasteiger partial charge >= 0.3 is 5.97 Å². The van der Waals surface area contributed by atoms with Gasteiger partial charge in [0, 0.05) is 11.3 Å². The number of rotatable bonds is 8. The number of nitrogens with one attached hydrogen (secondary N) is 2. The first-order valence-electron chi connectivity index (χ1n) is 8.46. The molecule has 0 aliphatic carbocycles. The molecule has 1 amide bonds. The fraction of sp³-hybridized carbons (Fsp3) is 0.263. The van der Waals surface area contributed by atoms with Crippen LogP contribution in [0.1, 0.15) is 30.6 Å². The molecule has 0 aliphatic heterocycles. The Bertz CT molecular complexity index is 913. The molecule has 0 fully saturated rings. The van der Waals surface area contributed by atoms with Crippen molar-refractivity contribution in [2.24, 2.45) is 5.92 Å². The van der Waals surface area contributed by atoms with E-state index in [1.165, 1.54) is 36.4 Å². The van der Waals surface area contributed by atoms with Crippen molar-refractivity contribution >= 4 is 27.6 Å². The van der Waals surface area contributed by atoms with E-state index in [2.05, 4.69) is 10.0 Å². The van der Waals surface area contributed by atoms with E-state index in [1.54, 1.807) is 25.1 Å². The molecule has 0 bridgehead atoms. The van der Waals surface area contributed by atoms with Crippen LogP contribution in [0.25, 0.3) is 0 Å². The van der Waals surface area contributed by atoms with Gasteiger partial charge in [-0.1, -0.05) is 44.5 Å². The van der Waals surface area contributed by atoms with Gasteiger partial charge in [0.1, 0.15) is 6.04 Å². The summed E-state index contributed by atoms with van der Waals surface area (Å²) in [6.45, 7) is 3.58. The van der Waals surface area contributed by atoms with Crippen molar-refractivity contribution in [1.82, 2.24) is 5.32 Å². The number of aliphatic carboxylic acids is 1. The molecule has 27 heavy (non-hydrogen) atoms. The van der Waals surface area contributed by atoms with Gasteiger partial charge in [-0.15, -0.1) is 0 Å². The zero-order chi connectivity index (χ0) is 20.0. The number of carboxylic acids is 1. The minimum Gasteiger partial charge on any atom is -0.480 e. The number of sulfonamides is 1. The van der Waals surface area contributed by atoms with Gasteiger partial charge in [0.25, 0.3) is 15.9 Å². The first-order valence-corrected chi connectivity index (χ1v) is 9.94. The fourth-order valence-electron chi connectivity index (χ4n) is 2.45. The molecular weight excluding hydrogens is 368 g/mol. The smallest absolute Gasteiger partial charge is 0.326 e. The summed E-state index contributed by atoms with van der Waals surface area (Å²) in [7, 11) is -3.79. The molecule has 0 saturated heterocycles. The lowest BCUT2D eigenvalue weighted by atomic mass is 9.99. The highest BCUT2D eigenvalue weighted by Crippen LogP contribution is 2.17. The molecule has 0 aliphatic rings. The lowest BCUT2D eigenvalue weighted by Gasteiger charge is -2.20. The van der Waals surface area contributed by atoms with E-state index in [9.17, 15) is 23.1 Å². The van der Waals surface area contributed by atoms with Crippen LogP contribution in [-0.2, 0) is 14.8 Å². The second-order valence-corrected chi connectivity index (χ2v) is 7.86. The predicted octanol–water partition coefficient (Wildman–Crippen LogP) is 2.72. The number of carbonyl (C=O) groups is 2. The Kier molecular flexibility index (Phi) is 6.57. The van der Waals surface area contributed by atoms with Crippen LogP contribution >= 0.6 is 0 Å². The van der Waals surface area contributed by atoms with Crippen LogP contribution in [0.4, 0.5) is 5.69 Å². The molecule has 2 aromatic carbocycles. The number of hydrogen-bond acceptors (Lipinski definition) is 4. The highest BCUT2D eigenvalue weighted by atomic mass is 32.2. The second kappa shape index (κ2) is 8.68. The third-order valence-corrected chi connectivity index (χ3v) is 5.59. The molecule has 2 atom stereocenters. The van der Waals surface area contributed by atoms with E-state index >= 15 is 0 Å². The average molecular weight is 390 g/mol. The summed E-state index contributed by atoms with van der Waals surface area (Å²) in [5.41, 5.74) is 0.375. The van der Waals surface area contributed by atoms with Crippen LogP contribution in [0.3, 0.4) is 0 Å². The number of carboxylic acid groups (broad SMARTS) is 1. The van der Waals surface area contributed by atoms with Gasteiger partial charge in [-0.25, -0.2) is 13.2 Å². The maximum Gasteiger partial charge on any atom is 0.326 e. The summed E-state index contributed by atoms with van der Waals surface area (Å²) in [6, 6.07) is 12.7. The molecule has 0 heterocycles. The van der Waals surface area contributed by atoms with Crippen LogP contribution < -0.4 is 10.0 Å². The maximum absolute atomic E-state index is 12.4. The number of amides is 1. The number of hydrogen-bond donors (Lipinski definition) is 3. The lowest BCUT2D eigenvalue weighted by Crippen LogP contribution is -2.45. The van der Waals surface area contributed by atoms with E-state index in [-0.39, 0.29) is 22.1 Å². The van der Waals surface area contributed by atoms with Crippen LogP contribution in [-0.4, -0.2) is 31.4 Å². The van der Waals surface area contributed by atoms with Gasteiger partial charge in [-0.05, 0) is 36.2 Å². The fourth-order valence-corrected chi connectivity index (χ4v) is 3.52. The summed E-state index contributed by atoms with van der Waals surface area (Å²) in [6.07, 6.45) is 0.591. The average Bonchev–Trinajstić information content (AvgIpc) is 2.65. The molecule has 3 N–H and O–H groups in total. The molecule has 0 aromatic heterocycles. The molecule has 0 spiro atoms. The molecule has 8 heteroatoms. The van der Waals surface area contributed by atoms with Crippen molar-refractivity contribution in [2.45, 2.75) is 31.2 Å². The minimum absolute atomic E-state index is 0.0996. The number of anilines is 1. The van der Waals surface area contributed by atoms with Gasteiger partial charge in [-0.2, -0.15) is 0 Å². The van der Waals surface area contributed by atoms with E-state index < -0.39 is 27.9 Å². The van der Waals surface area contributed by atoms with Gasteiger partial charge in [0.2, 0.25) is 0 Å². The van der Waals surface area contributed by atoms with Crippen molar-refractivity contribution in [3.05, 3.63) is 60.2 Å². The van der Waals surface area contributed by atoms with Gasteiger partial charge < -0.3 is 10.4 Å². The van der Waals surface area contributed by atoms with Crippen LogP contribution in [0.15, 0.2) is 59.5 Å². The van der Waals surface area contributed by atoms with Gasteiger partial charge in [0.05, 0.1) is 4.90 Å². The molecule has 144 valence electrons. The lowest BCUT2D eigenvalue weighted by molar-refractivity contribution is -0.140. The molecule has 2 aromatic rings. The maximum atomic E-state index is 12.4. The number of benzene rings is 2. The Hall–Kier alpha value is -2.87. The monoisotopic (exact) mass is 390 g/mol. The summed E-state index contributed by atoms with van der Waals surface area (Å²) in [5, 5.41) is 11.8. The quantitative estimate of drug-likeness (QED) is 0.641. The largest absolute Gasteiger partial charge is 0.480 e. The Morgan fingerprint density at radius 2 is 1.74 bits per heavy atom. The normalized spacial score (nSPS) is 13.4. The summed E-state index contributed by atoms with van der Waals surface area (Å²) in [5.74, 6) is -1.94. The van der Waals surface area contributed by atoms with Crippen molar-refractivity contribution in [3.8, 4) is 0 Å². The third kappa shape index (κ3) is 5.30. The zero-order valence-corrected chi connectivity index (χ0v) is 15.9. The van der Waals surface area contributed by atoms with E-state index in [0.29, 0.717) is 6.42 Å². The molecule has 2 unspecified atom stereocenters. The SMILES string of the molecule is CCC(C)C(NC(=O)c1cccc(NS(=O)(=O)c2ccccc2)c1)C(=O)O. The Morgan fingerprint density at radius 1 is 1.07 bits per heavy atom. The zero-order valence-electron chi connectivity index (χ0n) is 15.0. The second-order valence-electron chi connectivity index (χ2n) is 6.17. The summed E-state index contributed by atoms with van der Waals surface area (Å²) < 4.78 is 27.2. The molecule has 2 rings (SSSR count). The Balaban J connectivity index is 2.19. The van der Waals surface area contributed by atoms with Crippen molar-refractivity contribution in [2.75, 3.05) is 4.72 Å². The first-order chi connectivity index (χ1) is 12.7. The summed E-state index contributed by atoms with van der Waals surface area (Å²) in [4.78, 5) is 23.9. The van der Waals surface area contributed by atoms with Gasteiger partial charge in [-0.3, -0.25) is 9.52 Å². The topological polar surface area (TPSA) is 113 Å². The molecule has 7 nitrogen and oxygen atoms in total. The Labute approximate surface area is 158 Å². The highest BCUT2D eigenvalue weighted by Gasteiger charge is 2.26. The van der Waals surface area contributed by atoms with Crippen LogP contribution in [0.2, 0.25) is 0 Å². The van der Waals surface area contributed by atoms with E-state index in [4.69, 9.17) is 0 Å². The van der Waals surface area contributed by atoms with Crippen LogP contribution in [0, 0.1) is 5.92 Å². The van der Waals surface area contributed by atoms with Crippen LogP contribution in [0.5, 0.6) is 0 Å².